The van der Waals surface area contributed by atoms with Crippen LogP contribution in [0.1, 0.15) is 58.1 Å². The molecule has 0 spiro atoms. The van der Waals surface area contributed by atoms with Crippen molar-refractivity contribution in [1.82, 2.24) is 5.32 Å². The van der Waals surface area contributed by atoms with Crippen LogP contribution in [-0.2, 0) is 0 Å². The quantitative estimate of drug-likeness (QED) is 0.572. The summed E-state index contributed by atoms with van der Waals surface area (Å²) in [6.45, 7) is 8.12. The highest BCUT2D eigenvalue weighted by Crippen LogP contribution is 2.40. The number of halogens is 2. The van der Waals surface area contributed by atoms with E-state index < -0.39 is 0 Å². The summed E-state index contributed by atoms with van der Waals surface area (Å²) in [5.41, 5.74) is 1.36. The van der Waals surface area contributed by atoms with Gasteiger partial charge in [-0.15, -0.1) is 0 Å². The predicted octanol–water partition coefficient (Wildman–Crippen LogP) is 6.06. The minimum atomic E-state index is 0.449. The van der Waals surface area contributed by atoms with E-state index in [4.69, 9.17) is 11.6 Å². The Morgan fingerprint density at radius 2 is 1.90 bits per heavy atom. The molecular weight excluding hydrogens is 393 g/mol. The molecule has 0 bridgehead atoms. The van der Waals surface area contributed by atoms with Crippen molar-refractivity contribution in [3.8, 4) is 0 Å². The van der Waals surface area contributed by atoms with Crippen LogP contribution in [0.25, 0.3) is 0 Å². The molecule has 118 valence electrons. The van der Waals surface area contributed by atoms with Crippen molar-refractivity contribution in [3.05, 3.63) is 32.4 Å². The Bertz CT molecular complexity index is 453. The average molecular weight is 420 g/mol. The van der Waals surface area contributed by atoms with Crippen LogP contribution in [-0.4, -0.2) is 6.54 Å². The third kappa shape index (κ3) is 4.84. The Kier molecular flexibility index (Phi) is 6.82. The lowest BCUT2D eigenvalue weighted by molar-refractivity contribution is 0.176. The number of benzene rings is 1. The summed E-state index contributed by atoms with van der Waals surface area (Å²) < 4.78 is 1.14. The van der Waals surface area contributed by atoms with Gasteiger partial charge in [-0.05, 0) is 90.3 Å². The zero-order valence-corrected chi connectivity index (χ0v) is 16.2. The second kappa shape index (κ2) is 8.16. The van der Waals surface area contributed by atoms with Crippen LogP contribution in [0.5, 0.6) is 0 Å². The smallest absolute Gasteiger partial charge is 0.0542 e. The fourth-order valence-corrected chi connectivity index (χ4v) is 4.37. The maximum Gasteiger partial charge on any atom is 0.0542 e. The van der Waals surface area contributed by atoms with Crippen LogP contribution in [0.15, 0.2) is 18.2 Å². The summed E-state index contributed by atoms with van der Waals surface area (Å²) in [4.78, 5) is 0. The van der Waals surface area contributed by atoms with Gasteiger partial charge in [0, 0.05) is 9.61 Å². The molecule has 0 aromatic heterocycles. The van der Waals surface area contributed by atoms with Gasteiger partial charge in [-0.3, -0.25) is 0 Å². The molecule has 0 heterocycles. The van der Waals surface area contributed by atoms with Crippen LogP contribution in [0, 0.1) is 21.3 Å². The van der Waals surface area contributed by atoms with Crippen molar-refractivity contribution in [2.24, 2.45) is 17.8 Å². The second-order valence-corrected chi connectivity index (χ2v) is 8.35. The zero-order valence-electron chi connectivity index (χ0n) is 13.3. The van der Waals surface area contributed by atoms with Crippen molar-refractivity contribution in [1.29, 1.82) is 0 Å². The van der Waals surface area contributed by atoms with E-state index in [-0.39, 0.29) is 0 Å². The average Bonchev–Trinajstić information content (AvgIpc) is 2.42. The summed E-state index contributed by atoms with van der Waals surface area (Å²) in [6.07, 6.45) is 5.21. The minimum Gasteiger partial charge on any atom is -0.310 e. The molecule has 0 aliphatic heterocycles. The largest absolute Gasteiger partial charge is 0.310 e. The Morgan fingerprint density at radius 1 is 1.24 bits per heavy atom. The van der Waals surface area contributed by atoms with E-state index in [1.54, 1.807) is 0 Å². The van der Waals surface area contributed by atoms with Crippen molar-refractivity contribution in [3.63, 3.8) is 0 Å². The fourth-order valence-electron chi connectivity index (χ4n) is 3.84. The lowest BCUT2D eigenvalue weighted by Crippen LogP contribution is -2.33. The molecule has 1 aromatic carbocycles. The molecule has 0 radical (unpaired) electrons. The molecule has 3 unspecified atom stereocenters. The first-order chi connectivity index (χ1) is 10.0. The summed E-state index contributed by atoms with van der Waals surface area (Å²) in [7, 11) is 0. The molecule has 1 aliphatic carbocycles. The van der Waals surface area contributed by atoms with Gasteiger partial charge >= 0.3 is 0 Å². The highest BCUT2D eigenvalue weighted by atomic mass is 127. The molecule has 0 amide bonds. The molecule has 3 atom stereocenters. The molecule has 21 heavy (non-hydrogen) atoms. The van der Waals surface area contributed by atoms with E-state index in [0.717, 1.165) is 32.9 Å². The number of hydrogen-bond donors (Lipinski definition) is 1. The van der Waals surface area contributed by atoms with E-state index in [2.05, 4.69) is 66.9 Å². The van der Waals surface area contributed by atoms with Crippen LogP contribution in [0.2, 0.25) is 5.02 Å². The van der Waals surface area contributed by atoms with Crippen LogP contribution < -0.4 is 5.32 Å². The van der Waals surface area contributed by atoms with E-state index in [9.17, 15) is 0 Å². The number of nitrogens with one attached hydrogen (secondary N) is 1. The van der Waals surface area contributed by atoms with Crippen LogP contribution in [0.3, 0.4) is 0 Å². The van der Waals surface area contributed by atoms with E-state index in [1.807, 2.05) is 0 Å². The summed E-state index contributed by atoms with van der Waals surface area (Å²) in [6, 6.07) is 7.02. The molecule has 1 aromatic rings. The molecule has 0 saturated heterocycles. The molecule has 1 saturated carbocycles. The SMILES string of the molecule is CCCNC(c1ccc(I)c(Cl)c1)C1CC(C)CC(C)C1. The van der Waals surface area contributed by atoms with Gasteiger partial charge in [-0.2, -0.15) is 0 Å². The van der Waals surface area contributed by atoms with Crippen molar-refractivity contribution >= 4 is 34.2 Å². The molecule has 1 fully saturated rings. The molecule has 1 N–H and O–H groups in total. The van der Waals surface area contributed by atoms with Gasteiger partial charge in [0.25, 0.3) is 0 Å². The van der Waals surface area contributed by atoms with E-state index in [0.29, 0.717) is 6.04 Å². The van der Waals surface area contributed by atoms with Gasteiger partial charge in [0.2, 0.25) is 0 Å². The first-order valence-corrected chi connectivity index (χ1v) is 9.65. The van der Waals surface area contributed by atoms with Gasteiger partial charge in [0.15, 0.2) is 0 Å². The molecule has 1 nitrogen and oxygen atoms in total. The fraction of sp³-hybridized carbons (Fsp3) is 0.667. The van der Waals surface area contributed by atoms with Crippen LogP contribution in [0.4, 0.5) is 0 Å². The first kappa shape index (κ1) is 17.6. The van der Waals surface area contributed by atoms with Crippen LogP contribution >= 0.6 is 34.2 Å². The Labute approximate surface area is 148 Å². The normalized spacial score (nSPS) is 27.6. The lowest BCUT2D eigenvalue weighted by atomic mass is 9.72. The summed E-state index contributed by atoms with van der Waals surface area (Å²) in [5, 5.41) is 4.66. The zero-order chi connectivity index (χ0) is 15.4. The summed E-state index contributed by atoms with van der Waals surface area (Å²) in [5.74, 6) is 2.40. The number of hydrogen-bond acceptors (Lipinski definition) is 1. The maximum atomic E-state index is 6.35. The van der Waals surface area contributed by atoms with E-state index in [1.165, 1.54) is 31.2 Å². The third-order valence-electron chi connectivity index (χ3n) is 4.60. The Hall–Kier alpha value is 0.200. The minimum absolute atomic E-state index is 0.449. The molecule has 3 heteroatoms. The van der Waals surface area contributed by atoms with Crippen molar-refractivity contribution in [2.45, 2.75) is 52.5 Å². The summed E-state index contributed by atoms with van der Waals surface area (Å²) >= 11 is 8.65. The highest BCUT2D eigenvalue weighted by molar-refractivity contribution is 14.1. The topological polar surface area (TPSA) is 12.0 Å². The molecule has 1 aliphatic rings. The molecule has 2 rings (SSSR count). The van der Waals surface area contributed by atoms with Crippen molar-refractivity contribution < 1.29 is 0 Å². The van der Waals surface area contributed by atoms with Gasteiger partial charge in [0.05, 0.1) is 5.02 Å². The lowest BCUT2D eigenvalue weighted by Gasteiger charge is -2.37. The van der Waals surface area contributed by atoms with Gasteiger partial charge in [-0.1, -0.05) is 38.4 Å². The second-order valence-electron chi connectivity index (χ2n) is 6.78. The van der Waals surface area contributed by atoms with Crippen molar-refractivity contribution in [2.75, 3.05) is 6.54 Å². The standard InChI is InChI=1S/C18H27ClIN/c1-4-7-21-18(14-5-6-17(20)16(19)11-14)15-9-12(2)8-13(3)10-15/h5-6,11-13,15,18,21H,4,7-10H2,1-3H3. The first-order valence-electron chi connectivity index (χ1n) is 8.19. The van der Waals surface area contributed by atoms with Gasteiger partial charge in [-0.25, -0.2) is 0 Å². The predicted molar refractivity (Wildman–Crippen MR) is 101 cm³/mol. The number of rotatable bonds is 5. The highest BCUT2D eigenvalue weighted by Gasteiger charge is 2.30. The Morgan fingerprint density at radius 3 is 2.48 bits per heavy atom. The van der Waals surface area contributed by atoms with E-state index >= 15 is 0 Å². The monoisotopic (exact) mass is 419 g/mol. The Balaban J connectivity index is 2.22. The van der Waals surface area contributed by atoms with Gasteiger partial charge < -0.3 is 5.32 Å². The van der Waals surface area contributed by atoms with Gasteiger partial charge in [0.1, 0.15) is 0 Å². The maximum absolute atomic E-state index is 6.35. The molecular formula is C18H27ClIN. The third-order valence-corrected chi connectivity index (χ3v) is 6.18.